The predicted octanol–water partition coefficient (Wildman–Crippen LogP) is 1.98. The number of benzene rings is 1. The molecule has 0 radical (unpaired) electrons. The zero-order valence-electron chi connectivity index (χ0n) is 13.4. The Morgan fingerprint density at radius 1 is 1.33 bits per heavy atom. The molecule has 3 rings (SSSR count). The van der Waals surface area contributed by atoms with Crippen molar-refractivity contribution in [1.29, 1.82) is 0 Å². The maximum absolute atomic E-state index is 12.1. The van der Waals surface area contributed by atoms with Gasteiger partial charge in [-0.3, -0.25) is 4.79 Å². The van der Waals surface area contributed by atoms with Crippen LogP contribution in [0.5, 0.6) is 5.75 Å². The minimum absolute atomic E-state index is 0.0868. The summed E-state index contributed by atoms with van der Waals surface area (Å²) in [6, 6.07) is 13.4. The highest BCUT2D eigenvalue weighted by atomic mass is 16.5. The highest BCUT2D eigenvalue weighted by molar-refractivity contribution is 5.90. The number of ether oxygens (including phenoxy) is 2. The lowest BCUT2D eigenvalue weighted by molar-refractivity contribution is -0.119. The Bertz CT molecular complexity index is 658. The van der Waals surface area contributed by atoms with Gasteiger partial charge in [-0.2, -0.15) is 0 Å². The number of morpholine rings is 1. The maximum atomic E-state index is 12.1. The molecular weight excluding hydrogens is 306 g/mol. The summed E-state index contributed by atoms with van der Waals surface area (Å²) < 4.78 is 11.3. The van der Waals surface area contributed by atoms with Crippen molar-refractivity contribution in [3.05, 3.63) is 54.2 Å². The first-order valence-electron chi connectivity index (χ1n) is 8.04. The zero-order valence-corrected chi connectivity index (χ0v) is 13.4. The van der Waals surface area contributed by atoms with Crippen molar-refractivity contribution in [3.8, 4) is 5.75 Å². The molecule has 0 bridgehead atoms. The van der Waals surface area contributed by atoms with Crippen molar-refractivity contribution in [2.75, 3.05) is 25.0 Å². The minimum Gasteiger partial charge on any atom is -0.489 e. The van der Waals surface area contributed by atoms with Gasteiger partial charge in [0.15, 0.2) is 0 Å². The van der Waals surface area contributed by atoms with Gasteiger partial charge in [-0.15, -0.1) is 0 Å². The van der Waals surface area contributed by atoms with Gasteiger partial charge < -0.3 is 20.1 Å². The molecule has 1 unspecified atom stereocenters. The van der Waals surface area contributed by atoms with Gasteiger partial charge in [0.2, 0.25) is 5.91 Å². The predicted molar refractivity (Wildman–Crippen MR) is 90.9 cm³/mol. The Hall–Kier alpha value is -2.44. The SMILES string of the molecule is O=C(CC1CNCCO1)Nc1cc(OCc2ccccc2)ccn1. The Labute approximate surface area is 141 Å². The van der Waals surface area contributed by atoms with Crippen molar-refractivity contribution in [2.45, 2.75) is 19.1 Å². The molecule has 0 spiro atoms. The number of rotatable bonds is 6. The van der Waals surface area contributed by atoms with E-state index in [1.165, 1.54) is 0 Å². The van der Waals surface area contributed by atoms with Crippen molar-refractivity contribution >= 4 is 11.7 Å². The molecule has 6 nitrogen and oxygen atoms in total. The van der Waals surface area contributed by atoms with E-state index in [1.54, 1.807) is 18.3 Å². The van der Waals surface area contributed by atoms with Crippen LogP contribution in [0.15, 0.2) is 48.7 Å². The van der Waals surface area contributed by atoms with E-state index in [0.717, 1.165) is 12.1 Å². The standard InChI is InChI=1S/C18H21N3O3/c22-18(11-16-12-19-8-9-23-16)21-17-10-15(6-7-20-17)24-13-14-4-2-1-3-5-14/h1-7,10,16,19H,8-9,11-13H2,(H,20,21,22). The first-order valence-corrected chi connectivity index (χ1v) is 8.04. The van der Waals surface area contributed by atoms with Crippen LogP contribution in [-0.2, 0) is 16.1 Å². The summed E-state index contributed by atoms with van der Waals surface area (Å²) in [7, 11) is 0. The molecule has 1 amide bonds. The summed E-state index contributed by atoms with van der Waals surface area (Å²) in [6.07, 6.45) is 1.84. The topological polar surface area (TPSA) is 72.5 Å². The van der Waals surface area contributed by atoms with E-state index in [1.807, 2.05) is 30.3 Å². The second kappa shape index (κ2) is 8.42. The molecule has 1 aromatic carbocycles. The zero-order chi connectivity index (χ0) is 16.6. The van der Waals surface area contributed by atoms with Crippen LogP contribution in [0, 0.1) is 0 Å². The highest BCUT2D eigenvalue weighted by Gasteiger charge is 2.17. The Morgan fingerprint density at radius 3 is 3.00 bits per heavy atom. The normalized spacial score (nSPS) is 17.2. The van der Waals surface area contributed by atoms with Crippen molar-refractivity contribution < 1.29 is 14.3 Å². The number of carbonyl (C=O) groups excluding carboxylic acids is 1. The van der Waals surface area contributed by atoms with Crippen LogP contribution in [0.2, 0.25) is 0 Å². The summed E-state index contributed by atoms with van der Waals surface area (Å²) >= 11 is 0. The van der Waals surface area contributed by atoms with Gasteiger partial charge in [0.25, 0.3) is 0 Å². The van der Waals surface area contributed by atoms with Crippen LogP contribution in [-0.4, -0.2) is 36.7 Å². The molecule has 1 aliphatic rings. The molecule has 24 heavy (non-hydrogen) atoms. The van der Waals surface area contributed by atoms with Crippen molar-refractivity contribution in [2.24, 2.45) is 0 Å². The number of aromatic nitrogens is 1. The number of hydrogen-bond donors (Lipinski definition) is 2. The molecule has 1 aliphatic heterocycles. The molecule has 0 aliphatic carbocycles. The molecule has 126 valence electrons. The minimum atomic E-state index is -0.114. The molecule has 6 heteroatoms. The fourth-order valence-corrected chi connectivity index (χ4v) is 2.46. The second-order valence-corrected chi connectivity index (χ2v) is 5.60. The van der Waals surface area contributed by atoms with Gasteiger partial charge in [0, 0.05) is 25.4 Å². The average Bonchev–Trinajstić information content (AvgIpc) is 2.62. The number of carbonyl (C=O) groups is 1. The fourth-order valence-electron chi connectivity index (χ4n) is 2.46. The average molecular weight is 327 g/mol. The van der Waals surface area contributed by atoms with Crippen LogP contribution in [0.25, 0.3) is 0 Å². The Kier molecular flexibility index (Phi) is 5.76. The molecule has 1 fully saturated rings. The summed E-state index contributed by atoms with van der Waals surface area (Å²) in [5.74, 6) is 1.03. The molecule has 0 saturated carbocycles. The van der Waals surface area contributed by atoms with Crippen molar-refractivity contribution in [1.82, 2.24) is 10.3 Å². The molecule has 1 saturated heterocycles. The first-order chi connectivity index (χ1) is 11.8. The van der Waals surface area contributed by atoms with Gasteiger partial charge in [-0.05, 0) is 11.6 Å². The number of amides is 1. The number of nitrogens with one attached hydrogen (secondary N) is 2. The van der Waals surface area contributed by atoms with Gasteiger partial charge in [0.1, 0.15) is 18.2 Å². The van der Waals surface area contributed by atoms with E-state index in [2.05, 4.69) is 15.6 Å². The Morgan fingerprint density at radius 2 is 2.21 bits per heavy atom. The van der Waals surface area contributed by atoms with Gasteiger partial charge in [-0.1, -0.05) is 30.3 Å². The van der Waals surface area contributed by atoms with E-state index < -0.39 is 0 Å². The van der Waals surface area contributed by atoms with Gasteiger partial charge in [-0.25, -0.2) is 4.98 Å². The van der Waals surface area contributed by atoms with Gasteiger partial charge >= 0.3 is 0 Å². The fraction of sp³-hybridized carbons (Fsp3) is 0.333. The lowest BCUT2D eigenvalue weighted by Gasteiger charge is -2.22. The van der Waals surface area contributed by atoms with E-state index in [0.29, 0.717) is 37.7 Å². The third-order valence-electron chi connectivity index (χ3n) is 3.66. The molecule has 1 aromatic heterocycles. The van der Waals surface area contributed by atoms with Gasteiger partial charge in [0.05, 0.1) is 19.1 Å². The third-order valence-corrected chi connectivity index (χ3v) is 3.66. The molecule has 2 aromatic rings. The number of anilines is 1. The van der Waals surface area contributed by atoms with Crippen LogP contribution >= 0.6 is 0 Å². The van der Waals surface area contributed by atoms with E-state index in [-0.39, 0.29) is 12.0 Å². The number of hydrogen-bond acceptors (Lipinski definition) is 5. The van der Waals surface area contributed by atoms with Crippen LogP contribution < -0.4 is 15.4 Å². The first kappa shape index (κ1) is 16.4. The van der Waals surface area contributed by atoms with Crippen LogP contribution in [0.1, 0.15) is 12.0 Å². The largest absolute Gasteiger partial charge is 0.489 e. The maximum Gasteiger partial charge on any atom is 0.228 e. The lowest BCUT2D eigenvalue weighted by Crippen LogP contribution is -2.40. The van der Waals surface area contributed by atoms with Crippen molar-refractivity contribution in [3.63, 3.8) is 0 Å². The van der Waals surface area contributed by atoms with Crippen LogP contribution in [0.3, 0.4) is 0 Å². The summed E-state index contributed by atoms with van der Waals surface area (Å²) in [4.78, 5) is 16.2. The summed E-state index contributed by atoms with van der Waals surface area (Å²) in [6.45, 7) is 2.64. The lowest BCUT2D eigenvalue weighted by atomic mass is 10.2. The van der Waals surface area contributed by atoms with E-state index in [9.17, 15) is 4.79 Å². The molecule has 2 heterocycles. The monoisotopic (exact) mass is 327 g/mol. The summed E-state index contributed by atoms with van der Waals surface area (Å²) in [5.41, 5.74) is 1.09. The quantitative estimate of drug-likeness (QED) is 0.849. The Balaban J connectivity index is 1.51. The molecule has 1 atom stereocenters. The van der Waals surface area contributed by atoms with Crippen LogP contribution in [0.4, 0.5) is 5.82 Å². The highest BCUT2D eigenvalue weighted by Crippen LogP contribution is 2.16. The molecular formula is C18H21N3O3. The summed E-state index contributed by atoms with van der Waals surface area (Å²) in [5, 5.41) is 5.99. The smallest absolute Gasteiger partial charge is 0.228 e. The van der Waals surface area contributed by atoms with E-state index >= 15 is 0 Å². The second-order valence-electron chi connectivity index (χ2n) is 5.60. The third kappa shape index (κ3) is 5.04. The number of nitrogens with zero attached hydrogens (tertiary/aromatic N) is 1. The van der Waals surface area contributed by atoms with E-state index in [4.69, 9.17) is 9.47 Å². The number of pyridine rings is 1. The molecule has 2 N–H and O–H groups in total.